The average molecular weight is 360 g/mol. The second-order valence-corrected chi connectivity index (χ2v) is 7.45. The van der Waals surface area contributed by atoms with Crippen molar-refractivity contribution in [2.75, 3.05) is 33.4 Å². The van der Waals surface area contributed by atoms with Crippen LogP contribution in [0.4, 0.5) is 13.2 Å². The molecule has 1 aliphatic rings. The van der Waals surface area contributed by atoms with Crippen molar-refractivity contribution >= 4 is 16.0 Å². The van der Waals surface area contributed by atoms with Crippen LogP contribution in [0.3, 0.4) is 0 Å². The second kappa shape index (κ2) is 8.15. The van der Waals surface area contributed by atoms with Crippen LogP contribution in [0.5, 0.6) is 0 Å². The maximum atomic E-state index is 12.5. The Morgan fingerprint density at radius 1 is 1.43 bits per heavy atom. The van der Waals surface area contributed by atoms with E-state index in [0.717, 1.165) is 0 Å². The van der Waals surface area contributed by atoms with Crippen LogP contribution >= 0.6 is 0 Å². The van der Waals surface area contributed by atoms with Gasteiger partial charge in [0.1, 0.15) is 0 Å². The maximum Gasteiger partial charge on any atom is 0.511 e. The number of alkyl halides is 3. The Labute approximate surface area is 134 Å². The van der Waals surface area contributed by atoms with E-state index in [2.05, 4.69) is 10.3 Å². The summed E-state index contributed by atoms with van der Waals surface area (Å²) in [7, 11) is -3.67. The minimum Gasteiger partial charge on any atom is -0.383 e. The van der Waals surface area contributed by atoms with E-state index in [1.54, 1.807) is 7.11 Å². The number of methoxy groups -OCH3 is 1. The molecule has 1 unspecified atom stereocenters. The van der Waals surface area contributed by atoms with E-state index in [0.29, 0.717) is 30.3 Å². The molecule has 7 nitrogen and oxygen atoms in total. The number of aliphatic imine (C=N–C) groups is 1. The number of guanidine groups is 1. The van der Waals surface area contributed by atoms with Crippen molar-refractivity contribution in [3.63, 3.8) is 0 Å². The highest BCUT2D eigenvalue weighted by molar-refractivity contribution is 7.90. The molecule has 136 valence electrons. The van der Waals surface area contributed by atoms with Crippen molar-refractivity contribution in [1.29, 1.82) is 0 Å². The molecule has 1 saturated heterocycles. The van der Waals surface area contributed by atoms with Crippen LogP contribution in [0.2, 0.25) is 0 Å². The van der Waals surface area contributed by atoms with Crippen LogP contribution in [0, 0.1) is 5.92 Å². The molecule has 0 aliphatic carbocycles. The Kier molecular flexibility index (Phi) is 7.08. The van der Waals surface area contributed by atoms with Crippen molar-refractivity contribution < 1.29 is 26.3 Å². The summed E-state index contributed by atoms with van der Waals surface area (Å²) >= 11 is 0. The number of hydrogen-bond donors (Lipinski definition) is 2. The van der Waals surface area contributed by atoms with E-state index >= 15 is 0 Å². The van der Waals surface area contributed by atoms with Crippen LogP contribution in [0.25, 0.3) is 0 Å². The summed E-state index contributed by atoms with van der Waals surface area (Å²) in [6.07, 6.45) is 0.638. The summed E-state index contributed by atoms with van der Waals surface area (Å²) < 4.78 is 65.4. The number of sulfonamides is 1. The topological polar surface area (TPSA) is 97.0 Å². The molecule has 1 aliphatic heterocycles. The van der Waals surface area contributed by atoms with Crippen LogP contribution in [0.1, 0.15) is 19.8 Å². The van der Waals surface area contributed by atoms with Crippen LogP contribution in [0.15, 0.2) is 4.99 Å². The molecule has 1 atom stereocenters. The molecule has 1 heterocycles. The highest BCUT2D eigenvalue weighted by atomic mass is 32.2. The molecule has 0 aromatic rings. The fourth-order valence-corrected chi connectivity index (χ4v) is 3.28. The molecule has 11 heteroatoms. The highest BCUT2D eigenvalue weighted by Gasteiger charge is 2.50. The second-order valence-electron chi connectivity index (χ2n) is 5.52. The Morgan fingerprint density at radius 3 is 2.48 bits per heavy atom. The quantitative estimate of drug-likeness (QED) is 0.531. The van der Waals surface area contributed by atoms with Gasteiger partial charge in [-0.25, -0.2) is 8.42 Å². The third-order valence-corrected chi connectivity index (χ3v) is 5.17. The molecular formula is C12H23F3N4O3S. The van der Waals surface area contributed by atoms with Gasteiger partial charge in [0.15, 0.2) is 5.96 Å². The molecular weight excluding hydrogens is 337 g/mol. The number of hydrogen-bond acceptors (Lipinski definition) is 4. The SMILES string of the molecule is COCC(C)NC(N)=NCC1CCN(S(=O)(=O)C(F)(F)F)CC1. The molecule has 0 aromatic heterocycles. The lowest BCUT2D eigenvalue weighted by Gasteiger charge is -2.30. The zero-order chi connectivity index (χ0) is 17.7. The van der Waals surface area contributed by atoms with Crippen molar-refractivity contribution in [3.05, 3.63) is 0 Å². The average Bonchev–Trinajstić information content (AvgIpc) is 2.44. The summed E-state index contributed by atoms with van der Waals surface area (Å²) in [4.78, 5) is 4.14. The molecule has 3 N–H and O–H groups in total. The first-order valence-corrected chi connectivity index (χ1v) is 8.63. The first-order valence-electron chi connectivity index (χ1n) is 7.19. The standard InChI is InChI=1S/C12H23F3N4O3S/c1-9(8-22-2)18-11(16)17-7-10-3-5-19(6-4-10)23(20,21)12(13,14)15/h9-10H,3-8H2,1-2H3,(H3,16,17,18). The van der Waals surface area contributed by atoms with Crippen molar-refractivity contribution in [3.8, 4) is 0 Å². The molecule has 1 fully saturated rings. The zero-order valence-corrected chi connectivity index (χ0v) is 14.0. The number of nitrogens with zero attached hydrogens (tertiary/aromatic N) is 2. The minimum absolute atomic E-state index is 0.00719. The fourth-order valence-electron chi connectivity index (χ4n) is 2.30. The normalized spacial score (nSPS) is 20.5. The molecule has 0 aromatic carbocycles. The van der Waals surface area contributed by atoms with E-state index in [4.69, 9.17) is 10.5 Å². The summed E-state index contributed by atoms with van der Waals surface area (Å²) in [5, 5.41) is 2.92. The first kappa shape index (κ1) is 20.0. The molecule has 0 spiro atoms. The van der Waals surface area contributed by atoms with Gasteiger partial charge in [-0.1, -0.05) is 0 Å². The summed E-state index contributed by atoms with van der Waals surface area (Å²) in [5.41, 5.74) is 0.458. The van der Waals surface area contributed by atoms with Gasteiger partial charge >= 0.3 is 15.5 Å². The maximum absolute atomic E-state index is 12.5. The third kappa shape index (κ3) is 5.81. The van der Waals surface area contributed by atoms with E-state index in [1.165, 1.54) is 0 Å². The lowest BCUT2D eigenvalue weighted by Crippen LogP contribution is -2.45. The molecule has 0 bridgehead atoms. The highest BCUT2D eigenvalue weighted by Crippen LogP contribution is 2.30. The predicted octanol–water partition coefficient (Wildman–Crippen LogP) is 0.487. The summed E-state index contributed by atoms with van der Waals surface area (Å²) in [6.45, 7) is 2.36. The molecule has 0 saturated carbocycles. The van der Waals surface area contributed by atoms with Gasteiger partial charge in [-0.05, 0) is 25.7 Å². The van der Waals surface area contributed by atoms with Gasteiger partial charge in [-0.3, -0.25) is 4.99 Å². The van der Waals surface area contributed by atoms with Gasteiger partial charge in [0.05, 0.1) is 6.61 Å². The van der Waals surface area contributed by atoms with E-state index in [-0.39, 0.29) is 31.0 Å². The zero-order valence-electron chi connectivity index (χ0n) is 13.1. The van der Waals surface area contributed by atoms with Crippen LogP contribution in [-0.4, -0.2) is 63.6 Å². The summed E-state index contributed by atoms with van der Waals surface area (Å²) in [5.74, 6) is 0.243. The summed E-state index contributed by atoms with van der Waals surface area (Å²) in [6, 6.07) is -0.0116. The van der Waals surface area contributed by atoms with E-state index in [9.17, 15) is 21.6 Å². The van der Waals surface area contributed by atoms with E-state index in [1.807, 2.05) is 6.92 Å². The lowest BCUT2D eigenvalue weighted by molar-refractivity contribution is -0.0496. The smallest absolute Gasteiger partial charge is 0.383 e. The first-order chi connectivity index (χ1) is 10.6. The van der Waals surface area contributed by atoms with Gasteiger partial charge < -0.3 is 15.8 Å². The van der Waals surface area contributed by atoms with Gasteiger partial charge in [0.2, 0.25) is 0 Å². The number of piperidine rings is 1. The van der Waals surface area contributed by atoms with Gasteiger partial charge in [0.25, 0.3) is 0 Å². The number of ether oxygens (including phenoxy) is 1. The molecule has 1 rings (SSSR count). The predicted molar refractivity (Wildman–Crippen MR) is 80.2 cm³/mol. The number of halogens is 3. The minimum atomic E-state index is -5.25. The Bertz CT molecular complexity index is 502. The monoisotopic (exact) mass is 360 g/mol. The van der Waals surface area contributed by atoms with Crippen molar-refractivity contribution in [1.82, 2.24) is 9.62 Å². The number of rotatable bonds is 6. The Balaban J connectivity index is 2.46. The lowest BCUT2D eigenvalue weighted by atomic mass is 9.98. The van der Waals surface area contributed by atoms with Crippen LogP contribution < -0.4 is 11.1 Å². The fraction of sp³-hybridized carbons (Fsp3) is 0.917. The van der Waals surface area contributed by atoms with Gasteiger partial charge in [-0.2, -0.15) is 17.5 Å². The largest absolute Gasteiger partial charge is 0.511 e. The van der Waals surface area contributed by atoms with Crippen molar-refractivity contribution in [2.24, 2.45) is 16.6 Å². The van der Waals surface area contributed by atoms with Gasteiger partial charge in [0, 0.05) is 32.8 Å². The Morgan fingerprint density at radius 2 is 2.00 bits per heavy atom. The number of nitrogens with two attached hydrogens (primary N) is 1. The molecule has 0 amide bonds. The molecule has 23 heavy (non-hydrogen) atoms. The third-order valence-electron chi connectivity index (χ3n) is 3.54. The van der Waals surface area contributed by atoms with Gasteiger partial charge in [-0.15, -0.1) is 0 Å². The van der Waals surface area contributed by atoms with E-state index < -0.39 is 15.5 Å². The van der Waals surface area contributed by atoms with Crippen molar-refractivity contribution in [2.45, 2.75) is 31.3 Å². The molecule has 0 radical (unpaired) electrons. The Hall–Kier alpha value is -1.07. The van der Waals surface area contributed by atoms with Crippen LogP contribution in [-0.2, 0) is 14.8 Å². The number of nitrogens with one attached hydrogen (secondary N) is 1.